The van der Waals surface area contributed by atoms with Crippen LogP contribution in [0.15, 0.2) is 48.5 Å². The quantitative estimate of drug-likeness (QED) is 0.877. The van der Waals surface area contributed by atoms with Crippen molar-refractivity contribution in [1.82, 2.24) is 0 Å². The zero-order valence-electron chi connectivity index (χ0n) is 12.0. The topological polar surface area (TPSA) is 44.5 Å². The van der Waals surface area contributed by atoms with E-state index in [1.54, 1.807) is 7.11 Å². The van der Waals surface area contributed by atoms with Crippen molar-refractivity contribution >= 4 is 0 Å². The van der Waals surface area contributed by atoms with Crippen LogP contribution < -0.4 is 10.5 Å². The van der Waals surface area contributed by atoms with Gasteiger partial charge in [-0.3, -0.25) is 0 Å². The smallest absolute Gasteiger partial charge is 0.136 e. The lowest BCUT2D eigenvalue weighted by molar-refractivity contribution is 0.183. The maximum absolute atomic E-state index is 6.04. The monoisotopic (exact) mass is 271 g/mol. The molecule has 106 valence electrons. The Morgan fingerprint density at radius 2 is 1.90 bits per heavy atom. The zero-order chi connectivity index (χ0) is 14.4. The van der Waals surface area contributed by atoms with Crippen LogP contribution in [0.2, 0.25) is 0 Å². The van der Waals surface area contributed by atoms with Crippen LogP contribution in [0.1, 0.15) is 22.8 Å². The molecule has 0 spiro atoms. The molecule has 2 aromatic rings. The molecule has 0 aliphatic rings. The molecule has 2 N–H and O–H groups in total. The fourth-order valence-corrected chi connectivity index (χ4v) is 2.23. The van der Waals surface area contributed by atoms with Crippen LogP contribution in [0.5, 0.6) is 5.75 Å². The highest BCUT2D eigenvalue weighted by Gasteiger charge is 2.13. The van der Waals surface area contributed by atoms with Gasteiger partial charge in [0.2, 0.25) is 0 Å². The second-order valence-electron chi connectivity index (χ2n) is 4.78. The molecule has 0 saturated heterocycles. The van der Waals surface area contributed by atoms with Gasteiger partial charge >= 0.3 is 0 Å². The summed E-state index contributed by atoms with van der Waals surface area (Å²) in [7, 11) is 1.68. The molecular formula is C17H21NO2. The number of hydrogen-bond acceptors (Lipinski definition) is 3. The Kier molecular flexibility index (Phi) is 5.16. The van der Waals surface area contributed by atoms with E-state index < -0.39 is 0 Å². The normalized spacial score (nSPS) is 12.2. The van der Waals surface area contributed by atoms with E-state index in [-0.39, 0.29) is 6.10 Å². The van der Waals surface area contributed by atoms with Gasteiger partial charge in [0, 0.05) is 13.7 Å². The molecule has 3 nitrogen and oxygen atoms in total. The number of ether oxygens (including phenoxy) is 2. The van der Waals surface area contributed by atoms with Crippen molar-refractivity contribution < 1.29 is 9.47 Å². The van der Waals surface area contributed by atoms with Crippen molar-refractivity contribution in [3.8, 4) is 5.75 Å². The average molecular weight is 271 g/mol. The summed E-state index contributed by atoms with van der Waals surface area (Å²) in [6.07, 6.45) is -0.131. The van der Waals surface area contributed by atoms with Gasteiger partial charge in [0.25, 0.3) is 0 Å². The molecule has 1 unspecified atom stereocenters. The molecule has 20 heavy (non-hydrogen) atoms. The first-order chi connectivity index (χ1) is 9.74. The Balaban J connectivity index is 2.18. The van der Waals surface area contributed by atoms with Gasteiger partial charge in [-0.2, -0.15) is 0 Å². The molecule has 0 aromatic heterocycles. The van der Waals surface area contributed by atoms with E-state index in [1.165, 1.54) is 5.56 Å². The highest BCUT2D eigenvalue weighted by molar-refractivity contribution is 5.32. The lowest BCUT2D eigenvalue weighted by Crippen LogP contribution is -2.19. The molecular weight excluding hydrogens is 250 g/mol. The van der Waals surface area contributed by atoms with Gasteiger partial charge in [-0.05, 0) is 35.7 Å². The lowest BCUT2D eigenvalue weighted by Gasteiger charge is -2.20. The largest absolute Gasteiger partial charge is 0.484 e. The van der Waals surface area contributed by atoms with Gasteiger partial charge in [0.15, 0.2) is 0 Å². The Bertz CT molecular complexity index is 554. The van der Waals surface area contributed by atoms with Crippen LogP contribution >= 0.6 is 0 Å². The number of benzene rings is 2. The average Bonchev–Trinajstić information content (AvgIpc) is 2.46. The van der Waals surface area contributed by atoms with Crippen molar-refractivity contribution in [1.29, 1.82) is 0 Å². The summed E-state index contributed by atoms with van der Waals surface area (Å²) in [5.74, 6) is 0.818. The van der Waals surface area contributed by atoms with Gasteiger partial charge in [-0.1, -0.05) is 36.4 Å². The minimum atomic E-state index is -0.131. The number of nitrogens with two attached hydrogens (primary N) is 1. The SMILES string of the molecule is COCc1cccc(OC(CN)c2ccccc2C)c1. The fourth-order valence-electron chi connectivity index (χ4n) is 2.23. The van der Waals surface area contributed by atoms with Gasteiger partial charge < -0.3 is 15.2 Å². The second-order valence-corrected chi connectivity index (χ2v) is 4.78. The molecule has 0 fully saturated rings. The van der Waals surface area contributed by atoms with Gasteiger partial charge in [-0.25, -0.2) is 0 Å². The molecule has 0 heterocycles. The predicted octanol–water partition coefficient (Wildman–Crippen LogP) is 3.22. The van der Waals surface area contributed by atoms with Crippen LogP contribution in [0.4, 0.5) is 0 Å². The standard InChI is InChI=1S/C17H21NO2/c1-13-6-3-4-9-16(13)17(11-18)20-15-8-5-7-14(10-15)12-19-2/h3-10,17H,11-12,18H2,1-2H3. The molecule has 3 heteroatoms. The van der Waals surface area contributed by atoms with E-state index in [0.29, 0.717) is 13.2 Å². The van der Waals surface area contributed by atoms with E-state index in [1.807, 2.05) is 36.4 Å². The minimum absolute atomic E-state index is 0.131. The summed E-state index contributed by atoms with van der Waals surface area (Å²) in [6.45, 7) is 3.09. The molecule has 0 bridgehead atoms. The van der Waals surface area contributed by atoms with Crippen molar-refractivity contribution in [3.63, 3.8) is 0 Å². The number of methoxy groups -OCH3 is 1. The molecule has 0 amide bonds. The highest BCUT2D eigenvalue weighted by atomic mass is 16.5. The van der Waals surface area contributed by atoms with Crippen LogP contribution in [0.3, 0.4) is 0 Å². The van der Waals surface area contributed by atoms with Gasteiger partial charge in [0.05, 0.1) is 6.61 Å². The van der Waals surface area contributed by atoms with Crippen molar-refractivity contribution in [3.05, 3.63) is 65.2 Å². The minimum Gasteiger partial charge on any atom is -0.484 e. The summed E-state index contributed by atoms with van der Waals surface area (Å²) < 4.78 is 11.2. The van der Waals surface area contributed by atoms with Crippen LogP contribution in [0.25, 0.3) is 0 Å². The molecule has 2 rings (SSSR count). The van der Waals surface area contributed by atoms with Crippen LogP contribution in [-0.4, -0.2) is 13.7 Å². The first kappa shape index (κ1) is 14.6. The van der Waals surface area contributed by atoms with E-state index >= 15 is 0 Å². The molecule has 0 saturated carbocycles. The number of rotatable bonds is 6. The maximum Gasteiger partial charge on any atom is 0.136 e. The summed E-state index contributed by atoms with van der Waals surface area (Å²) in [5, 5.41) is 0. The van der Waals surface area contributed by atoms with Gasteiger partial charge in [-0.15, -0.1) is 0 Å². The second kappa shape index (κ2) is 7.08. The van der Waals surface area contributed by atoms with E-state index in [2.05, 4.69) is 19.1 Å². The third-order valence-corrected chi connectivity index (χ3v) is 3.24. The van der Waals surface area contributed by atoms with E-state index in [9.17, 15) is 0 Å². The van der Waals surface area contributed by atoms with Crippen LogP contribution in [0, 0.1) is 6.92 Å². The Labute approximate surface area is 120 Å². The van der Waals surface area contributed by atoms with Crippen molar-refractivity contribution in [2.75, 3.05) is 13.7 Å². The van der Waals surface area contributed by atoms with Gasteiger partial charge in [0.1, 0.15) is 11.9 Å². The number of hydrogen-bond donors (Lipinski definition) is 1. The summed E-state index contributed by atoms with van der Waals surface area (Å²) in [5.41, 5.74) is 9.28. The lowest BCUT2D eigenvalue weighted by atomic mass is 10.0. The third-order valence-electron chi connectivity index (χ3n) is 3.24. The summed E-state index contributed by atoms with van der Waals surface area (Å²) in [6, 6.07) is 16.1. The van der Waals surface area contributed by atoms with E-state index in [0.717, 1.165) is 16.9 Å². The first-order valence-corrected chi connectivity index (χ1v) is 6.74. The molecule has 1 atom stereocenters. The van der Waals surface area contributed by atoms with Crippen molar-refractivity contribution in [2.24, 2.45) is 5.73 Å². The molecule has 0 radical (unpaired) electrons. The maximum atomic E-state index is 6.04. The van der Waals surface area contributed by atoms with E-state index in [4.69, 9.17) is 15.2 Å². The Morgan fingerprint density at radius 1 is 1.10 bits per heavy atom. The zero-order valence-corrected chi connectivity index (χ0v) is 12.0. The van der Waals surface area contributed by atoms with Crippen LogP contribution in [-0.2, 0) is 11.3 Å². The first-order valence-electron chi connectivity index (χ1n) is 6.74. The highest BCUT2D eigenvalue weighted by Crippen LogP contribution is 2.24. The van der Waals surface area contributed by atoms with Crippen molar-refractivity contribution in [2.45, 2.75) is 19.6 Å². The molecule has 0 aliphatic heterocycles. The third kappa shape index (κ3) is 3.59. The fraction of sp³-hybridized carbons (Fsp3) is 0.294. The Hall–Kier alpha value is -1.84. The summed E-state index contributed by atoms with van der Waals surface area (Å²) >= 11 is 0. The molecule has 0 aliphatic carbocycles. The Morgan fingerprint density at radius 3 is 2.60 bits per heavy atom. The molecule has 2 aromatic carbocycles. The number of aryl methyl sites for hydroxylation is 1. The predicted molar refractivity (Wildman–Crippen MR) is 80.8 cm³/mol. The summed E-state index contributed by atoms with van der Waals surface area (Å²) in [4.78, 5) is 0.